The molecule has 0 aromatic carbocycles. The first kappa shape index (κ1) is 16.0. The monoisotopic (exact) mass is 334 g/mol. The zero-order valence-corrected chi connectivity index (χ0v) is 14.1. The molecule has 7 nitrogen and oxygen atoms in total. The number of carbonyl (C=O) groups is 1. The van der Waals surface area contributed by atoms with Crippen LogP contribution in [-0.2, 0) is 4.79 Å². The Balaban J connectivity index is 1.52. The quantitative estimate of drug-likeness (QED) is 0.780. The number of H-pyrrole nitrogens is 1. The molecule has 0 bridgehead atoms. The fourth-order valence-electron chi connectivity index (χ4n) is 2.84. The Morgan fingerprint density at radius 2 is 2.22 bits per heavy atom. The molecular weight excluding hydrogens is 312 g/mol. The summed E-state index contributed by atoms with van der Waals surface area (Å²) >= 11 is 1.81. The van der Waals surface area contributed by atoms with Crippen molar-refractivity contribution in [2.45, 2.75) is 32.2 Å². The lowest BCUT2D eigenvalue weighted by atomic mass is 10.0. The predicted octanol–water partition coefficient (Wildman–Crippen LogP) is 1.58. The molecular formula is C15H22N6OS. The van der Waals surface area contributed by atoms with E-state index < -0.39 is 0 Å². The van der Waals surface area contributed by atoms with Gasteiger partial charge in [-0.05, 0) is 18.6 Å². The van der Waals surface area contributed by atoms with E-state index in [4.69, 9.17) is 0 Å². The number of aromatic nitrogens is 4. The second-order valence-electron chi connectivity index (χ2n) is 5.57. The molecule has 124 valence electrons. The molecule has 3 heterocycles. The van der Waals surface area contributed by atoms with E-state index >= 15 is 0 Å². The maximum Gasteiger partial charge on any atom is 0.221 e. The molecule has 1 saturated heterocycles. The molecule has 2 aromatic heterocycles. The summed E-state index contributed by atoms with van der Waals surface area (Å²) in [7, 11) is 0. The number of carbonyl (C=O) groups excluding carboxylic acids is 1. The fourth-order valence-corrected chi connectivity index (χ4v) is 3.46. The molecule has 2 aromatic rings. The van der Waals surface area contributed by atoms with Crippen molar-refractivity contribution in [1.82, 2.24) is 25.3 Å². The number of hydrogen-bond donors (Lipinski definition) is 2. The van der Waals surface area contributed by atoms with Gasteiger partial charge in [0, 0.05) is 31.3 Å². The van der Waals surface area contributed by atoms with Crippen molar-refractivity contribution < 1.29 is 4.79 Å². The van der Waals surface area contributed by atoms with Crippen molar-refractivity contribution >= 4 is 34.7 Å². The number of nitrogens with zero attached hydrogens (tertiary/aromatic N) is 4. The maximum atomic E-state index is 11.9. The molecule has 0 unspecified atom stereocenters. The highest BCUT2D eigenvalue weighted by molar-refractivity contribution is 7.99. The highest BCUT2D eigenvalue weighted by Gasteiger charge is 2.23. The van der Waals surface area contributed by atoms with E-state index in [1.165, 1.54) is 0 Å². The van der Waals surface area contributed by atoms with Gasteiger partial charge in [0.1, 0.15) is 11.8 Å². The molecule has 1 aliphatic rings. The first-order valence-electron chi connectivity index (χ1n) is 8.04. The molecule has 1 amide bonds. The number of anilines is 1. The number of rotatable bonds is 6. The second kappa shape index (κ2) is 7.63. The smallest absolute Gasteiger partial charge is 0.221 e. The summed E-state index contributed by atoms with van der Waals surface area (Å²) in [5, 5.41) is 3.15. The Morgan fingerprint density at radius 3 is 3.00 bits per heavy atom. The van der Waals surface area contributed by atoms with E-state index in [-0.39, 0.29) is 11.9 Å². The summed E-state index contributed by atoms with van der Waals surface area (Å²) in [4.78, 5) is 30.0. The van der Waals surface area contributed by atoms with E-state index in [1.807, 2.05) is 0 Å². The van der Waals surface area contributed by atoms with Gasteiger partial charge in [0.15, 0.2) is 11.5 Å². The normalized spacial score (nSPS) is 16.0. The van der Waals surface area contributed by atoms with Crippen LogP contribution in [-0.4, -0.2) is 56.5 Å². The third kappa shape index (κ3) is 3.93. The number of fused-ring (bicyclic) bond motifs is 1. The Kier molecular flexibility index (Phi) is 5.32. The Bertz CT molecular complexity index is 652. The van der Waals surface area contributed by atoms with E-state index in [0.29, 0.717) is 12.1 Å². The molecule has 23 heavy (non-hydrogen) atoms. The standard InChI is InChI=1S/C15H22N6OS/c1-2-23-8-5-12(22)20-11-3-6-21(7-4-11)15-13-14(17-9-16-13)18-10-19-15/h9-11H,2-8H2,1H3,(H,20,22)(H,16,17,18,19). The zero-order chi connectivity index (χ0) is 16.1. The molecule has 0 atom stereocenters. The van der Waals surface area contributed by atoms with Crippen LogP contribution < -0.4 is 10.2 Å². The van der Waals surface area contributed by atoms with Crippen molar-refractivity contribution in [2.75, 3.05) is 29.5 Å². The summed E-state index contributed by atoms with van der Waals surface area (Å²) in [6.07, 6.45) is 5.68. The topological polar surface area (TPSA) is 86.8 Å². The van der Waals surface area contributed by atoms with Crippen LogP contribution in [0.5, 0.6) is 0 Å². The van der Waals surface area contributed by atoms with Crippen LogP contribution in [0.3, 0.4) is 0 Å². The van der Waals surface area contributed by atoms with Crippen LogP contribution in [0, 0.1) is 0 Å². The van der Waals surface area contributed by atoms with Gasteiger partial charge < -0.3 is 15.2 Å². The van der Waals surface area contributed by atoms with Gasteiger partial charge >= 0.3 is 0 Å². The summed E-state index contributed by atoms with van der Waals surface area (Å²) < 4.78 is 0. The SMILES string of the molecule is CCSCCC(=O)NC1CCN(c2ncnc3nc[nH]c23)CC1. The highest BCUT2D eigenvalue weighted by atomic mass is 32.2. The molecule has 1 aliphatic heterocycles. The summed E-state index contributed by atoms with van der Waals surface area (Å²) in [5.74, 6) is 3.03. The minimum atomic E-state index is 0.169. The van der Waals surface area contributed by atoms with Gasteiger partial charge in [-0.2, -0.15) is 11.8 Å². The Hall–Kier alpha value is -1.83. The van der Waals surface area contributed by atoms with Crippen molar-refractivity contribution in [2.24, 2.45) is 0 Å². The minimum Gasteiger partial charge on any atom is -0.355 e. The lowest BCUT2D eigenvalue weighted by molar-refractivity contribution is -0.121. The zero-order valence-electron chi connectivity index (χ0n) is 13.3. The van der Waals surface area contributed by atoms with Crippen LogP contribution in [0.2, 0.25) is 0 Å². The van der Waals surface area contributed by atoms with Gasteiger partial charge in [0.05, 0.1) is 6.33 Å². The van der Waals surface area contributed by atoms with Crippen LogP contribution >= 0.6 is 11.8 Å². The third-order valence-corrected chi connectivity index (χ3v) is 4.94. The summed E-state index contributed by atoms with van der Waals surface area (Å²) in [5.41, 5.74) is 1.57. The number of nitrogens with one attached hydrogen (secondary N) is 2. The molecule has 1 fully saturated rings. The number of piperidine rings is 1. The Labute approximate surface area is 139 Å². The number of thioether (sulfide) groups is 1. The summed E-state index contributed by atoms with van der Waals surface area (Å²) in [6, 6.07) is 0.268. The minimum absolute atomic E-state index is 0.169. The Morgan fingerprint density at radius 1 is 1.39 bits per heavy atom. The molecule has 3 rings (SSSR count). The largest absolute Gasteiger partial charge is 0.355 e. The number of amides is 1. The number of imidazole rings is 1. The van der Waals surface area contributed by atoms with Crippen molar-refractivity contribution in [1.29, 1.82) is 0 Å². The van der Waals surface area contributed by atoms with E-state index in [9.17, 15) is 4.79 Å². The van der Waals surface area contributed by atoms with E-state index in [1.54, 1.807) is 24.4 Å². The van der Waals surface area contributed by atoms with Gasteiger partial charge in [0.25, 0.3) is 0 Å². The third-order valence-electron chi connectivity index (χ3n) is 4.04. The van der Waals surface area contributed by atoms with Gasteiger partial charge in [-0.3, -0.25) is 4.79 Å². The van der Waals surface area contributed by atoms with Crippen LogP contribution in [0.4, 0.5) is 5.82 Å². The number of aromatic amines is 1. The van der Waals surface area contributed by atoms with E-state index in [2.05, 4.69) is 37.1 Å². The van der Waals surface area contributed by atoms with Crippen LogP contribution in [0.25, 0.3) is 11.2 Å². The summed E-state index contributed by atoms with van der Waals surface area (Å²) in [6.45, 7) is 3.86. The molecule has 2 N–H and O–H groups in total. The predicted molar refractivity (Wildman–Crippen MR) is 92.7 cm³/mol. The van der Waals surface area contributed by atoms with Crippen molar-refractivity contribution in [3.63, 3.8) is 0 Å². The van der Waals surface area contributed by atoms with E-state index in [0.717, 1.165) is 48.8 Å². The van der Waals surface area contributed by atoms with Crippen molar-refractivity contribution in [3.8, 4) is 0 Å². The van der Waals surface area contributed by atoms with Gasteiger partial charge in [-0.1, -0.05) is 6.92 Å². The van der Waals surface area contributed by atoms with Crippen LogP contribution in [0.15, 0.2) is 12.7 Å². The van der Waals surface area contributed by atoms with Gasteiger partial charge in [0.2, 0.25) is 5.91 Å². The van der Waals surface area contributed by atoms with Crippen molar-refractivity contribution in [3.05, 3.63) is 12.7 Å². The average molecular weight is 334 g/mol. The highest BCUT2D eigenvalue weighted by Crippen LogP contribution is 2.23. The fraction of sp³-hybridized carbons (Fsp3) is 0.600. The van der Waals surface area contributed by atoms with Gasteiger partial charge in [-0.15, -0.1) is 0 Å². The number of hydrogen-bond acceptors (Lipinski definition) is 6. The molecule has 0 aliphatic carbocycles. The average Bonchev–Trinajstić information content (AvgIpc) is 3.04. The van der Waals surface area contributed by atoms with Gasteiger partial charge in [-0.25, -0.2) is 15.0 Å². The second-order valence-corrected chi connectivity index (χ2v) is 6.97. The maximum absolute atomic E-state index is 11.9. The first-order chi connectivity index (χ1) is 11.3. The first-order valence-corrected chi connectivity index (χ1v) is 9.19. The molecule has 0 spiro atoms. The molecule has 8 heteroatoms. The lowest BCUT2D eigenvalue weighted by Gasteiger charge is -2.33. The molecule has 0 radical (unpaired) electrons. The lowest BCUT2D eigenvalue weighted by Crippen LogP contribution is -2.45. The van der Waals surface area contributed by atoms with Crippen LogP contribution in [0.1, 0.15) is 26.2 Å². The molecule has 0 saturated carbocycles.